The van der Waals surface area contributed by atoms with Crippen molar-refractivity contribution in [3.63, 3.8) is 0 Å². The fourth-order valence-electron chi connectivity index (χ4n) is 1.47. The number of rotatable bonds is 5. The maximum Gasteiger partial charge on any atom is 0.126 e. The predicted octanol–water partition coefficient (Wildman–Crippen LogP) is 2.67. The first-order valence-corrected chi connectivity index (χ1v) is 4.89. The molecule has 0 spiro atoms. The molecule has 0 aliphatic heterocycles. The van der Waals surface area contributed by atoms with E-state index in [1.807, 2.05) is 0 Å². The number of hydrogen-bond donors (Lipinski definition) is 1. The Morgan fingerprint density at radius 3 is 2.80 bits per heavy atom. The number of hydrogen-bond acceptors (Lipinski definition) is 1. The Bertz CT molecular complexity index is 336. The molecule has 0 aliphatic rings. The van der Waals surface area contributed by atoms with Crippen molar-refractivity contribution < 1.29 is 8.78 Å². The maximum absolute atomic E-state index is 13.3. The summed E-state index contributed by atoms with van der Waals surface area (Å²) in [6.07, 6.45) is 2.96. The minimum Gasteiger partial charge on any atom is -0.316 e. The Balaban J connectivity index is 2.77. The Labute approximate surface area is 88.8 Å². The molecule has 0 radical (unpaired) electrons. The zero-order valence-electron chi connectivity index (χ0n) is 8.76. The van der Waals surface area contributed by atoms with E-state index in [0.717, 1.165) is 18.6 Å². The van der Waals surface area contributed by atoms with E-state index < -0.39 is 5.82 Å². The molecule has 0 aromatic heterocycles. The van der Waals surface area contributed by atoms with Crippen LogP contribution in [0.3, 0.4) is 0 Å². The first kappa shape index (κ1) is 11.9. The van der Waals surface area contributed by atoms with Crippen LogP contribution in [0, 0.1) is 11.6 Å². The van der Waals surface area contributed by atoms with Gasteiger partial charge in [0.15, 0.2) is 0 Å². The zero-order chi connectivity index (χ0) is 11.3. The van der Waals surface area contributed by atoms with Crippen molar-refractivity contribution in [3.8, 4) is 0 Å². The summed E-state index contributed by atoms with van der Waals surface area (Å²) in [6.45, 7) is 3.62. The van der Waals surface area contributed by atoms with Crippen molar-refractivity contribution in [2.45, 2.75) is 18.9 Å². The molecule has 0 saturated heterocycles. The summed E-state index contributed by atoms with van der Waals surface area (Å²) in [7, 11) is 1.80. The second kappa shape index (κ2) is 5.61. The van der Waals surface area contributed by atoms with Gasteiger partial charge in [0, 0.05) is 6.04 Å². The normalized spacial score (nSPS) is 12.5. The number of nitrogens with one attached hydrogen (secondary N) is 1. The van der Waals surface area contributed by atoms with Crippen molar-refractivity contribution in [1.82, 2.24) is 5.32 Å². The minimum atomic E-state index is -0.403. The predicted molar refractivity (Wildman–Crippen MR) is 57.7 cm³/mol. The summed E-state index contributed by atoms with van der Waals surface area (Å²) in [5.41, 5.74) is 0.399. The van der Waals surface area contributed by atoms with Gasteiger partial charge in [0.25, 0.3) is 0 Å². The van der Waals surface area contributed by atoms with Gasteiger partial charge >= 0.3 is 0 Å². The fraction of sp³-hybridized carbons (Fsp3) is 0.333. The second-order valence-electron chi connectivity index (χ2n) is 3.45. The average Bonchev–Trinajstić information content (AvgIpc) is 2.22. The molecular weight excluding hydrogens is 196 g/mol. The molecule has 82 valence electrons. The van der Waals surface area contributed by atoms with E-state index in [1.54, 1.807) is 13.1 Å². The second-order valence-corrected chi connectivity index (χ2v) is 3.45. The van der Waals surface area contributed by atoms with E-state index >= 15 is 0 Å². The Morgan fingerprint density at radius 2 is 2.20 bits per heavy atom. The number of likely N-dealkylation sites (N-methyl/N-ethyl adjacent to an activating group) is 1. The molecular formula is C12H15F2N. The SMILES string of the molecule is C=CCC(Cc1cc(F)ccc1F)NC. The van der Waals surface area contributed by atoms with Crippen LogP contribution < -0.4 is 5.32 Å². The van der Waals surface area contributed by atoms with Gasteiger partial charge in [-0.1, -0.05) is 6.08 Å². The van der Waals surface area contributed by atoms with Gasteiger partial charge in [0.1, 0.15) is 11.6 Å². The van der Waals surface area contributed by atoms with Gasteiger partial charge in [-0.25, -0.2) is 8.78 Å². The Kier molecular flexibility index (Phi) is 4.43. The van der Waals surface area contributed by atoms with Crippen molar-refractivity contribution in [3.05, 3.63) is 48.1 Å². The molecule has 1 nitrogen and oxygen atoms in total. The molecule has 0 bridgehead atoms. The highest BCUT2D eigenvalue weighted by molar-refractivity contribution is 5.20. The van der Waals surface area contributed by atoms with Crippen molar-refractivity contribution in [1.29, 1.82) is 0 Å². The molecule has 0 fully saturated rings. The van der Waals surface area contributed by atoms with Crippen LogP contribution in [-0.4, -0.2) is 13.1 Å². The lowest BCUT2D eigenvalue weighted by molar-refractivity contribution is 0.531. The first-order valence-electron chi connectivity index (χ1n) is 4.89. The van der Waals surface area contributed by atoms with E-state index in [-0.39, 0.29) is 11.9 Å². The Morgan fingerprint density at radius 1 is 1.47 bits per heavy atom. The van der Waals surface area contributed by atoms with Gasteiger partial charge < -0.3 is 5.32 Å². The lowest BCUT2D eigenvalue weighted by atomic mass is 10.0. The molecule has 1 unspecified atom stereocenters. The van der Waals surface area contributed by atoms with E-state index in [1.165, 1.54) is 6.07 Å². The van der Waals surface area contributed by atoms with E-state index in [9.17, 15) is 8.78 Å². The van der Waals surface area contributed by atoms with Crippen molar-refractivity contribution in [2.75, 3.05) is 7.05 Å². The number of halogens is 2. The summed E-state index contributed by atoms with van der Waals surface area (Å²) >= 11 is 0. The molecule has 0 saturated carbocycles. The lowest BCUT2D eigenvalue weighted by Crippen LogP contribution is -2.27. The third-order valence-electron chi connectivity index (χ3n) is 2.33. The largest absolute Gasteiger partial charge is 0.316 e. The van der Waals surface area contributed by atoms with Crippen molar-refractivity contribution in [2.24, 2.45) is 0 Å². The van der Waals surface area contributed by atoms with Gasteiger partial charge in [-0.15, -0.1) is 6.58 Å². The molecule has 15 heavy (non-hydrogen) atoms. The summed E-state index contributed by atoms with van der Waals surface area (Å²) < 4.78 is 26.2. The summed E-state index contributed by atoms with van der Waals surface area (Å²) in [4.78, 5) is 0. The lowest BCUT2D eigenvalue weighted by Gasteiger charge is -2.14. The highest BCUT2D eigenvalue weighted by Gasteiger charge is 2.09. The molecule has 1 aromatic rings. The van der Waals surface area contributed by atoms with Crippen molar-refractivity contribution >= 4 is 0 Å². The molecule has 0 amide bonds. The molecule has 1 aromatic carbocycles. The minimum absolute atomic E-state index is 0.0961. The molecule has 3 heteroatoms. The smallest absolute Gasteiger partial charge is 0.126 e. The van der Waals surface area contributed by atoms with Crippen LogP contribution in [-0.2, 0) is 6.42 Å². The third kappa shape index (κ3) is 3.44. The molecule has 1 rings (SSSR count). The van der Waals surface area contributed by atoms with Crippen LogP contribution in [0.2, 0.25) is 0 Å². The summed E-state index contributed by atoms with van der Waals surface area (Å²) in [5, 5.41) is 3.04. The highest BCUT2D eigenvalue weighted by atomic mass is 19.1. The van der Waals surface area contributed by atoms with E-state index in [4.69, 9.17) is 0 Å². The maximum atomic E-state index is 13.3. The van der Waals surface area contributed by atoms with Gasteiger partial charge in [0.05, 0.1) is 0 Å². The monoisotopic (exact) mass is 211 g/mol. The van der Waals surface area contributed by atoms with Crippen LogP contribution in [0.15, 0.2) is 30.9 Å². The van der Waals surface area contributed by atoms with E-state index in [2.05, 4.69) is 11.9 Å². The molecule has 1 N–H and O–H groups in total. The topological polar surface area (TPSA) is 12.0 Å². The first-order chi connectivity index (χ1) is 7.17. The number of benzene rings is 1. The third-order valence-corrected chi connectivity index (χ3v) is 2.33. The standard InChI is InChI=1S/C12H15F2N/c1-3-4-11(15-2)8-9-7-10(13)5-6-12(9)14/h3,5-7,11,15H,1,4,8H2,2H3. The van der Waals surface area contributed by atoms with Gasteiger partial charge in [0.2, 0.25) is 0 Å². The molecule has 0 heterocycles. The van der Waals surface area contributed by atoms with Crippen LogP contribution in [0.25, 0.3) is 0 Å². The van der Waals surface area contributed by atoms with E-state index in [0.29, 0.717) is 12.0 Å². The zero-order valence-corrected chi connectivity index (χ0v) is 8.76. The molecule has 1 atom stereocenters. The fourth-order valence-corrected chi connectivity index (χ4v) is 1.47. The van der Waals surface area contributed by atoms with Crippen LogP contribution in [0.5, 0.6) is 0 Å². The van der Waals surface area contributed by atoms with Crippen LogP contribution in [0.1, 0.15) is 12.0 Å². The van der Waals surface area contributed by atoms with Gasteiger partial charge in [-0.3, -0.25) is 0 Å². The highest BCUT2D eigenvalue weighted by Crippen LogP contribution is 2.13. The molecule has 0 aliphatic carbocycles. The quantitative estimate of drug-likeness (QED) is 0.738. The van der Waals surface area contributed by atoms with Crippen LogP contribution in [0.4, 0.5) is 8.78 Å². The van der Waals surface area contributed by atoms with Gasteiger partial charge in [-0.2, -0.15) is 0 Å². The summed E-state index contributed by atoms with van der Waals surface area (Å²) in [6, 6.07) is 3.62. The Hall–Kier alpha value is -1.22. The van der Waals surface area contributed by atoms with Gasteiger partial charge in [-0.05, 0) is 43.7 Å². The summed E-state index contributed by atoms with van der Waals surface area (Å²) in [5.74, 6) is -0.763. The average molecular weight is 211 g/mol. The van der Waals surface area contributed by atoms with Crippen LogP contribution >= 0.6 is 0 Å².